The molecule has 5 radical (unpaired) electrons. The number of unbranched alkanes of at least 4 members (excludes halogenated alkanes) is 3. The van der Waals surface area contributed by atoms with Crippen LogP contribution in [0.4, 0.5) is 0 Å². The van der Waals surface area contributed by atoms with Gasteiger partial charge < -0.3 is 5.11 Å². The highest BCUT2D eigenvalue weighted by atomic mass is 16.3. The van der Waals surface area contributed by atoms with Crippen LogP contribution in [0.3, 0.4) is 0 Å². The number of hydrogen-bond donors (Lipinski definition) is 1. The summed E-state index contributed by atoms with van der Waals surface area (Å²) in [6, 6.07) is 10.4. The van der Waals surface area contributed by atoms with Crippen LogP contribution in [0.15, 0.2) is 30.3 Å². The molecule has 27 heavy (non-hydrogen) atoms. The summed E-state index contributed by atoms with van der Waals surface area (Å²) < 4.78 is 0. The van der Waals surface area contributed by atoms with Gasteiger partial charge in [0.2, 0.25) is 0 Å². The maximum absolute atomic E-state index is 10.3. The molecular weight excluding hydrogens is 330 g/mol. The van der Waals surface area contributed by atoms with Crippen molar-refractivity contribution in [1.82, 2.24) is 4.90 Å². The van der Waals surface area contributed by atoms with E-state index >= 15 is 0 Å². The molecule has 0 spiro atoms. The van der Waals surface area contributed by atoms with Gasteiger partial charge in [-0.2, -0.15) is 0 Å². The summed E-state index contributed by atoms with van der Waals surface area (Å²) in [5.41, 5.74) is 1.14. The van der Waals surface area contributed by atoms with Gasteiger partial charge in [0.25, 0.3) is 0 Å². The summed E-state index contributed by atoms with van der Waals surface area (Å²) >= 11 is 0. The van der Waals surface area contributed by atoms with E-state index in [-0.39, 0.29) is 18.7 Å². The summed E-state index contributed by atoms with van der Waals surface area (Å²) in [6.45, 7) is 7.55. The average molecular weight is 365 g/mol. The van der Waals surface area contributed by atoms with E-state index in [2.05, 4.69) is 75.3 Å². The maximum atomic E-state index is 10.3. The van der Waals surface area contributed by atoms with Gasteiger partial charge in [0.1, 0.15) is 0 Å². The second kappa shape index (κ2) is 12.2. The molecule has 1 saturated carbocycles. The molecule has 1 aliphatic rings. The predicted octanol–water partition coefficient (Wildman–Crippen LogP) is 5.04. The van der Waals surface area contributed by atoms with Crippen molar-refractivity contribution in [3.63, 3.8) is 0 Å². The lowest BCUT2D eigenvalue weighted by atomic mass is 9.95. The van der Waals surface area contributed by atoms with Crippen LogP contribution in [-0.4, -0.2) is 29.2 Å². The quantitative estimate of drug-likeness (QED) is 0.465. The third-order valence-electron chi connectivity index (χ3n) is 5.00. The van der Waals surface area contributed by atoms with Crippen molar-refractivity contribution < 1.29 is 5.11 Å². The number of rotatable bonds is 10. The second-order valence-electron chi connectivity index (χ2n) is 7.54. The van der Waals surface area contributed by atoms with Gasteiger partial charge in [-0.1, -0.05) is 69.9 Å². The van der Waals surface area contributed by atoms with Crippen molar-refractivity contribution >= 4 is 0 Å². The van der Waals surface area contributed by atoms with Crippen molar-refractivity contribution in [3.8, 4) is 11.8 Å². The van der Waals surface area contributed by atoms with Gasteiger partial charge in [-0.15, -0.1) is 5.92 Å². The first-order valence-corrected chi connectivity index (χ1v) is 10.3. The Bertz CT molecular complexity index is 565. The Balaban J connectivity index is 2.23. The fraction of sp³-hybridized carbons (Fsp3) is 0.480. The van der Waals surface area contributed by atoms with Gasteiger partial charge in [-0.3, -0.25) is 4.90 Å². The molecule has 2 nitrogen and oxygen atoms in total. The van der Waals surface area contributed by atoms with Crippen LogP contribution in [-0.2, 0) is 0 Å². The molecule has 2 rings (SSSR count). The number of benzene rings is 1. The smallest absolute Gasteiger partial charge is 0.0743 e. The van der Waals surface area contributed by atoms with Crippen molar-refractivity contribution in [2.24, 2.45) is 5.92 Å². The molecule has 2 atom stereocenters. The molecule has 1 aromatic carbocycles. The Kier molecular flexibility index (Phi) is 9.95. The van der Waals surface area contributed by atoms with Crippen LogP contribution in [0, 0.1) is 49.4 Å². The Morgan fingerprint density at radius 2 is 1.74 bits per heavy atom. The molecule has 0 amide bonds. The Hall–Kier alpha value is -1.30. The van der Waals surface area contributed by atoms with Crippen LogP contribution < -0.4 is 0 Å². The SMILES string of the molecule is CCCCCC#C[C@@H](C(C)C)N(C[C]1[CH][CH][CH][CH]1)[C@@H](CO)c1ccccc1. The fourth-order valence-electron chi connectivity index (χ4n) is 3.48. The van der Waals surface area contributed by atoms with Gasteiger partial charge in [-0.05, 0) is 49.5 Å². The van der Waals surface area contributed by atoms with E-state index in [1.807, 2.05) is 18.2 Å². The Labute approximate surface area is 167 Å². The summed E-state index contributed by atoms with van der Waals surface area (Å²) in [6.07, 6.45) is 13.0. The van der Waals surface area contributed by atoms with Crippen molar-refractivity contribution in [3.05, 3.63) is 67.5 Å². The summed E-state index contributed by atoms with van der Waals surface area (Å²) in [4.78, 5) is 2.38. The van der Waals surface area contributed by atoms with E-state index in [1.165, 1.54) is 25.2 Å². The molecule has 0 saturated heterocycles. The standard InChI is InChI=1S/C25H34NO/c1-4-5-6-7-11-18-24(21(2)3)26(19-22-14-12-13-15-22)25(20-27)23-16-9-8-10-17-23/h8-10,12-17,21,24-25,27H,4-7,19-20H2,1-3H3/t24-,25-/m0/s1. The predicted molar refractivity (Wildman–Crippen MR) is 114 cm³/mol. The largest absolute Gasteiger partial charge is 0.394 e. The third-order valence-corrected chi connectivity index (χ3v) is 5.00. The highest BCUT2D eigenvalue weighted by Gasteiger charge is 2.31. The molecule has 0 aliphatic heterocycles. The molecule has 145 valence electrons. The van der Waals surface area contributed by atoms with E-state index in [0.29, 0.717) is 5.92 Å². The topological polar surface area (TPSA) is 23.5 Å². The van der Waals surface area contributed by atoms with Gasteiger partial charge >= 0.3 is 0 Å². The molecule has 2 heteroatoms. The fourth-order valence-corrected chi connectivity index (χ4v) is 3.48. The zero-order valence-electron chi connectivity index (χ0n) is 17.1. The van der Waals surface area contributed by atoms with E-state index in [9.17, 15) is 5.11 Å². The number of nitrogens with zero attached hydrogens (tertiary/aromatic N) is 1. The first-order chi connectivity index (χ1) is 13.2. The number of aliphatic hydroxyl groups is 1. The van der Waals surface area contributed by atoms with E-state index < -0.39 is 0 Å². The average Bonchev–Trinajstić information content (AvgIpc) is 3.18. The highest BCUT2D eigenvalue weighted by molar-refractivity contribution is 5.37. The lowest BCUT2D eigenvalue weighted by Gasteiger charge is -2.38. The zero-order valence-corrected chi connectivity index (χ0v) is 17.1. The molecule has 0 unspecified atom stereocenters. The van der Waals surface area contributed by atoms with Crippen molar-refractivity contribution in [1.29, 1.82) is 0 Å². The number of aliphatic hydroxyl groups excluding tert-OH is 1. The molecule has 0 aromatic heterocycles. The van der Waals surface area contributed by atoms with Gasteiger partial charge in [-0.25, -0.2) is 0 Å². The number of hydrogen-bond acceptors (Lipinski definition) is 2. The van der Waals surface area contributed by atoms with Gasteiger partial charge in [0.15, 0.2) is 0 Å². The highest BCUT2D eigenvalue weighted by Crippen LogP contribution is 2.31. The normalized spacial score (nSPS) is 17.1. The van der Waals surface area contributed by atoms with E-state index in [4.69, 9.17) is 0 Å². The minimum Gasteiger partial charge on any atom is -0.394 e. The van der Waals surface area contributed by atoms with Crippen LogP contribution in [0.1, 0.15) is 58.1 Å². The Morgan fingerprint density at radius 3 is 2.33 bits per heavy atom. The van der Waals surface area contributed by atoms with Crippen LogP contribution in [0.25, 0.3) is 0 Å². The maximum Gasteiger partial charge on any atom is 0.0743 e. The van der Waals surface area contributed by atoms with E-state index in [1.54, 1.807) is 0 Å². The summed E-state index contributed by atoms with van der Waals surface area (Å²) in [5, 5.41) is 10.3. The lowest BCUT2D eigenvalue weighted by Crippen LogP contribution is -2.44. The molecule has 1 N–H and O–H groups in total. The molecule has 1 aromatic rings. The van der Waals surface area contributed by atoms with E-state index in [0.717, 1.165) is 18.5 Å². The van der Waals surface area contributed by atoms with Crippen molar-refractivity contribution in [2.75, 3.05) is 13.2 Å². The van der Waals surface area contributed by atoms with Gasteiger partial charge in [0.05, 0.1) is 18.7 Å². The zero-order chi connectivity index (χ0) is 19.5. The van der Waals surface area contributed by atoms with Crippen molar-refractivity contribution in [2.45, 2.75) is 58.5 Å². The molecule has 0 heterocycles. The summed E-state index contributed by atoms with van der Waals surface area (Å²) in [7, 11) is 0. The monoisotopic (exact) mass is 364 g/mol. The van der Waals surface area contributed by atoms with Gasteiger partial charge in [0, 0.05) is 13.0 Å². The second-order valence-corrected chi connectivity index (χ2v) is 7.54. The third kappa shape index (κ3) is 6.98. The minimum absolute atomic E-state index is 0.0570. The van der Waals surface area contributed by atoms with Crippen LogP contribution in [0.2, 0.25) is 0 Å². The first kappa shape index (κ1) is 22.0. The minimum atomic E-state index is -0.0570. The molecule has 1 fully saturated rings. The first-order valence-electron chi connectivity index (χ1n) is 10.3. The van der Waals surface area contributed by atoms with Crippen LogP contribution in [0.5, 0.6) is 0 Å². The molecule has 1 aliphatic carbocycles. The lowest BCUT2D eigenvalue weighted by molar-refractivity contribution is 0.0912. The molecular formula is C25H34NO. The Morgan fingerprint density at radius 1 is 1.04 bits per heavy atom. The van der Waals surface area contributed by atoms with Crippen LogP contribution >= 0.6 is 0 Å². The molecule has 0 bridgehead atoms. The summed E-state index contributed by atoms with van der Waals surface area (Å²) in [5.74, 6) is 8.61.